The van der Waals surface area contributed by atoms with Crippen LogP contribution in [-0.4, -0.2) is 49.3 Å². The predicted octanol–water partition coefficient (Wildman–Crippen LogP) is -0.0180. The molecule has 0 fully saturated rings. The summed E-state index contributed by atoms with van der Waals surface area (Å²) in [6.07, 6.45) is 1.10. The van der Waals surface area contributed by atoms with Crippen LogP contribution in [0.2, 0.25) is 0 Å². The Balaban J connectivity index is 4.09. The van der Waals surface area contributed by atoms with Crippen molar-refractivity contribution >= 4 is 11.9 Å². The fraction of sp³-hybridized carbons (Fsp3) is 0.818. The van der Waals surface area contributed by atoms with E-state index in [1.165, 1.54) is 6.92 Å². The van der Waals surface area contributed by atoms with Crippen LogP contribution in [0.4, 0.5) is 0 Å². The lowest BCUT2D eigenvalue weighted by atomic mass is 9.96. The number of hydrogen-bond acceptors (Lipinski definition) is 4. The average molecular weight is 246 g/mol. The quantitative estimate of drug-likeness (QED) is 0.498. The number of carbonyl (C=O) groups is 2. The zero-order chi connectivity index (χ0) is 13.3. The van der Waals surface area contributed by atoms with Crippen molar-refractivity contribution in [2.75, 3.05) is 26.8 Å². The highest BCUT2D eigenvalue weighted by atomic mass is 16.5. The van der Waals surface area contributed by atoms with Crippen LogP contribution < -0.4 is 10.6 Å². The Labute approximate surface area is 102 Å². The van der Waals surface area contributed by atoms with Crippen molar-refractivity contribution in [3.05, 3.63) is 0 Å². The number of nitrogens with one attached hydrogen (secondary N) is 2. The number of hydrogen-bond donors (Lipinski definition) is 3. The smallest absolute Gasteiger partial charge is 0.329 e. The van der Waals surface area contributed by atoms with Gasteiger partial charge in [0, 0.05) is 13.7 Å². The van der Waals surface area contributed by atoms with E-state index in [0.29, 0.717) is 26.0 Å². The van der Waals surface area contributed by atoms with Crippen molar-refractivity contribution < 1.29 is 19.4 Å². The number of carbonyl (C=O) groups excluding carboxylic acids is 1. The lowest BCUT2D eigenvalue weighted by Gasteiger charge is -2.25. The van der Waals surface area contributed by atoms with Gasteiger partial charge >= 0.3 is 5.97 Å². The van der Waals surface area contributed by atoms with Crippen molar-refractivity contribution in [1.29, 1.82) is 0 Å². The van der Waals surface area contributed by atoms with Gasteiger partial charge in [0.25, 0.3) is 0 Å². The van der Waals surface area contributed by atoms with E-state index in [1.54, 1.807) is 7.11 Å². The summed E-state index contributed by atoms with van der Waals surface area (Å²) in [5, 5.41) is 14.5. The number of carboxylic acids is 1. The van der Waals surface area contributed by atoms with Crippen LogP contribution in [0.25, 0.3) is 0 Å². The minimum atomic E-state index is -1.19. The summed E-state index contributed by atoms with van der Waals surface area (Å²) in [5.74, 6) is -1.33. The van der Waals surface area contributed by atoms with Gasteiger partial charge in [-0.15, -0.1) is 0 Å². The summed E-state index contributed by atoms with van der Waals surface area (Å²) >= 11 is 0. The van der Waals surface area contributed by atoms with E-state index >= 15 is 0 Å². The maximum absolute atomic E-state index is 11.5. The molecule has 6 nitrogen and oxygen atoms in total. The first kappa shape index (κ1) is 15.9. The molecule has 0 aromatic rings. The molecular formula is C11H22N2O4. The van der Waals surface area contributed by atoms with E-state index in [4.69, 9.17) is 9.84 Å². The Morgan fingerprint density at radius 2 is 2.06 bits per heavy atom. The zero-order valence-electron chi connectivity index (χ0n) is 10.7. The van der Waals surface area contributed by atoms with Crippen molar-refractivity contribution in [3.8, 4) is 0 Å². The first-order chi connectivity index (χ1) is 7.96. The van der Waals surface area contributed by atoms with E-state index < -0.39 is 11.5 Å². The molecule has 1 unspecified atom stereocenters. The molecular weight excluding hydrogens is 224 g/mol. The Morgan fingerprint density at radius 3 is 2.53 bits per heavy atom. The maximum atomic E-state index is 11.5. The molecule has 0 aliphatic heterocycles. The standard InChI is InChI=1S/C11H22N2O4/c1-4-5-11(2,10(15)16)13-9(14)8-12-6-7-17-3/h12H,4-8H2,1-3H3,(H,13,14)(H,15,16). The van der Waals surface area contributed by atoms with Gasteiger partial charge < -0.3 is 20.5 Å². The van der Waals surface area contributed by atoms with Gasteiger partial charge in [-0.1, -0.05) is 13.3 Å². The summed E-state index contributed by atoms with van der Waals surface area (Å²) in [4.78, 5) is 22.6. The van der Waals surface area contributed by atoms with Crippen LogP contribution in [0.15, 0.2) is 0 Å². The number of methoxy groups -OCH3 is 1. The van der Waals surface area contributed by atoms with Crippen molar-refractivity contribution in [1.82, 2.24) is 10.6 Å². The number of carboxylic acid groups (broad SMARTS) is 1. The average Bonchev–Trinajstić information content (AvgIpc) is 2.24. The van der Waals surface area contributed by atoms with Gasteiger partial charge in [-0.3, -0.25) is 4.79 Å². The predicted molar refractivity (Wildman–Crippen MR) is 63.8 cm³/mol. The molecule has 0 aromatic carbocycles. The van der Waals surface area contributed by atoms with E-state index in [-0.39, 0.29) is 12.5 Å². The molecule has 0 radical (unpaired) electrons. The summed E-state index contributed by atoms with van der Waals surface area (Å²) in [7, 11) is 1.57. The second kappa shape index (κ2) is 8.03. The van der Waals surface area contributed by atoms with Crippen molar-refractivity contribution in [2.45, 2.75) is 32.2 Å². The van der Waals surface area contributed by atoms with Gasteiger partial charge in [-0.25, -0.2) is 4.79 Å². The van der Waals surface area contributed by atoms with Crippen LogP contribution in [0.3, 0.4) is 0 Å². The van der Waals surface area contributed by atoms with E-state index in [2.05, 4.69) is 10.6 Å². The van der Waals surface area contributed by atoms with Crippen LogP contribution in [0, 0.1) is 0 Å². The van der Waals surface area contributed by atoms with Gasteiger partial charge in [0.1, 0.15) is 5.54 Å². The Hall–Kier alpha value is -1.14. The number of ether oxygens (including phenoxy) is 1. The van der Waals surface area contributed by atoms with E-state index in [9.17, 15) is 9.59 Å². The van der Waals surface area contributed by atoms with Crippen LogP contribution in [0.1, 0.15) is 26.7 Å². The summed E-state index contributed by atoms with van der Waals surface area (Å²) in [6.45, 7) is 4.56. The van der Waals surface area contributed by atoms with Gasteiger partial charge in [0.05, 0.1) is 13.2 Å². The monoisotopic (exact) mass is 246 g/mol. The van der Waals surface area contributed by atoms with E-state index in [1.807, 2.05) is 6.92 Å². The lowest BCUT2D eigenvalue weighted by molar-refractivity contribution is -0.147. The fourth-order valence-electron chi connectivity index (χ4n) is 1.45. The van der Waals surface area contributed by atoms with Gasteiger partial charge in [-0.05, 0) is 13.3 Å². The summed E-state index contributed by atoms with van der Waals surface area (Å²) < 4.78 is 4.81. The van der Waals surface area contributed by atoms with Gasteiger partial charge in [-0.2, -0.15) is 0 Å². The topological polar surface area (TPSA) is 87.7 Å². The Kier molecular flexibility index (Phi) is 7.49. The molecule has 6 heteroatoms. The largest absolute Gasteiger partial charge is 0.480 e. The third-order valence-electron chi connectivity index (χ3n) is 2.41. The van der Waals surface area contributed by atoms with Crippen LogP contribution >= 0.6 is 0 Å². The molecule has 1 atom stereocenters. The fourth-order valence-corrected chi connectivity index (χ4v) is 1.45. The molecule has 0 bridgehead atoms. The second-order valence-corrected chi connectivity index (χ2v) is 4.11. The van der Waals surface area contributed by atoms with Gasteiger partial charge in [0.15, 0.2) is 0 Å². The molecule has 0 aromatic heterocycles. The third-order valence-corrected chi connectivity index (χ3v) is 2.41. The molecule has 0 aliphatic carbocycles. The Morgan fingerprint density at radius 1 is 1.41 bits per heavy atom. The molecule has 0 spiro atoms. The number of aliphatic carboxylic acids is 1. The SMILES string of the molecule is CCCC(C)(NC(=O)CNCCOC)C(=O)O. The summed E-state index contributed by atoms with van der Waals surface area (Å²) in [6, 6.07) is 0. The number of rotatable bonds is 9. The highest BCUT2D eigenvalue weighted by molar-refractivity contribution is 5.87. The molecule has 17 heavy (non-hydrogen) atoms. The molecule has 0 heterocycles. The molecule has 0 rings (SSSR count). The third kappa shape index (κ3) is 6.23. The van der Waals surface area contributed by atoms with Crippen molar-refractivity contribution in [2.24, 2.45) is 0 Å². The highest BCUT2D eigenvalue weighted by Crippen LogP contribution is 2.12. The van der Waals surface area contributed by atoms with Crippen molar-refractivity contribution in [3.63, 3.8) is 0 Å². The molecule has 0 aliphatic rings. The number of amides is 1. The van der Waals surface area contributed by atoms with Crippen LogP contribution in [0.5, 0.6) is 0 Å². The molecule has 0 saturated carbocycles. The zero-order valence-corrected chi connectivity index (χ0v) is 10.7. The van der Waals surface area contributed by atoms with E-state index in [0.717, 1.165) is 0 Å². The molecule has 3 N–H and O–H groups in total. The highest BCUT2D eigenvalue weighted by Gasteiger charge is 2.33. The summed E-state index contributed by atoms with van der Waals surface area (Å²) in [5.41, 5.74) is -1.19. The maximum Gasteiger partial charge on any atom is 0.329 e. The molecule has 0 saturated heterocycles. The Bertz CT molecular complexity index is 258. The minimum absolute atomic E-state index is 0.0932. The molecule has 1 amide bonds. The first-order valence-corrected chi connectivity index (χ1v) is 5.70. The molecule has 100 valence electrons. The van der Waals surface area contributed by atoms with Crippen LogP contribution in [-0.2, 0) is 14.3 Å². The lowest BCUT2D eigenvalue weighted by Crippen LogP contribution is -2.54. The normalized spacial score (nSPS) is 14.1. The minimum Gasteiger partial charge on any atom is -0.480 e. The first-order valence-electron chi connectivity index (χ1n) is 5.70. The van der Waals surface area contributed by atoms with Gasteiger partial charge in [0.2, 0.25) is 5.91 Å². The second-order valence-electron chi connectivity index (χ2n) is 4.11.